The van der Waals surface area contributed by atoms with E-state index in [2.05, 4.69) is 113 Å². The molecule has 2 aromatic carbocycles. The van der Waals surface area contributed by atoms with Crippen molar-refractivity contribution in [3.8, 4) is 0 Å². The maximum absolute atomic E-state index is 3.83. The van der Waals surface area contributed by atoms with Crippen LogP contribution >= 0.6 is 0 Å². The van der Waals surface area contributed by atoms with Crippen LogP contribution in [0.1, 0.15) is 64.8 Å². The second-order valence-electron chi connectivity index (χ2n) is 8.57. The van der Waals surface area contributed by atoms with E-state index in [-0.39, 0.29) is 23.2 Å². The Hall–Kier alpha value is -1.64. The number of rotatable bonds is 5. The van der Waals surface area contributed by atoms with Crippen LogP contribution in [0.2, 0.25) is 0 Å². The zero-order valence-corrected chi connectivity index (χ0v) is 15.9. The lowest BCUT2D eigenvalue weighted by Crippen LogP contribution is -2.48. The molecule has 24 heavy (non-hydrogen) atoms. The van der Waals surface area contributed by atoms with E-state index in [4.69, 9.17) is 0 Å². The first-order valence-corrected chi connectivity index (χ1v) is 8.81. The second-order valence-corrected chi connectivity index (χ2v) is 8.57. The van der Waals surface area contributed by atoms with Gasteiger partial charge in [-0.05, 0) is 52.7 Å². The van der Waals surface area contributed by atoms with Crippen molar-refractivity contribution in [3.63, 3.8) is 0 Å². The van der Waals surface area contributed by atoms with Gasteiger partial charge in [-0.25, -0.2) is 0 Å². The molecule has 0 spiro atoms. The highest BCUT2D eigenvalue weighted by molar-refractivity contribution is 5.28. The van der Waals surface area contributed by atoms with Gasteiger partial charge < -0.3 is 10.6 Å². The van der Waals surface area contributed by atoms with E-state index >= 15 is 0 Å². The molecule has 0 aliphatic carbocycles. The normalized spacial score (nSPS) is 15.1. The van der Waals surface area contributed by atoms with Crippen LogP contribution in [0.15, 0.2) is 60.7 Å². The van der Waals surface area contributed by atoms with Gasteiger partial charge in [0.1, 0.15) is 0 Å². The maximum atomic E-state index is 3.83. The third kappa shape index (κ3) is 5.77. The SMILES string of the molecule is CC(C)(C)NC(c1ccccc1)C(NC(C)(C)C)c1ccccc1. The van der Waals surface area contributed by atoms with Crippen LogP contribution in [-0.4, -0.2) is 11.1 Å². The first kappa shape index (κ1) is 18.7. The lowest BCUT2D eigenvalue weighted by Gasteiger charge is -2.39. The van der Waals surface area contributed by atoms with Gasteiger partial charge in [-0.15, -0.1) is 0 Å². The number of benzene rings is 2. The lowest BCUT2D eigenvalue weighted by atomic mass is 9.89. The summed E-state index contributed by atoms with van der Waals surface area (Å²) in [5, 5.41) is 7.66. The minimum absolute atomic E-state index is 0.0209. The number of nitrogens with one attached hydrogen (secondary N) is 2. The summed E-state index contributed by atoms with van der Waals surface area (Å²) in [5.74, 6) is 0. The summed E-state index contributed by atoms with van der Waals surface area (Å²) in [7, 11) is 0. The molecule has 0 bridgehead atoms. The molecule has 2 nitrogen and oxygen atoms in total. The minimum atomic E-state index is 0.0209. The average Bonchev–Trinajstić information content (AvgIpc) is 2.50. The molecule has 130 valence electrons. The van der Waals surface area contributed by atoms with Gasteiger partial charge in [0, 0.05) is 11.1 Å². The molecule has 0 saturated carbocycles. The van der Waals surface area contributed by atoms with E-state index in [0.717, 1.165) is 0 Å². The Bertz CT molecular complexity index is 548. The summed E-state index contributed by atoms with van der Waals surface area (Å²) in [6, 6.07) is 21.8. The highest BCUT2D eigenvalue weighted by atomic mass is 15.1. The van der Waals surface area contributed by atoms with E-state index in [1.165, 1.54) is 11.1 Å². The monoisotopic (exact) mass is 324 g/mol. The van der Waals surface area contributed by atoms with Crippen LogP contribution in [0.3, 0.4) is 0 Å². The molecule has 0 aromatic heterocycles. The molecule has 2 heteroatoms. The van der Waals surface area contributed by atoms with Crippen LogP contribution < -0.4 is 10.6 Å². The molecular formula is C22H32N2. The largest absolute Gasteiger partial charge is 0.304 e. The Morgan fingerprint density at radius 1 is 0.542 bits per heavy atom. The first-order chi connectivity index (χ1) is 11.2. The van der Waals surface area contributed by atoms with Crippen LogP contribution in [0.5, 0.6) is 0 Å². The van der Waals surface area contributed by atoms with Gasteiger partial charge in [0.2, 0.25) is 0 Å². The van der Waals surface area contributed by atoms with Gasteiger partial charge in [-0.3, -0.25) is 0 Å². The summed E-state index contributed by atoms with van der Waals surface area (Å²) in [5.41, 5.74) is 2.65. The molecule has 0 saturated heterocycles. The molecule has 0 aliphatic heterocycles. The molecule has 0 heterocycles. The summed E-state index contributed by atoms with van der Waals surface area (Å²) in [4.78, 5) is 0. The van der Waals surface area contributed by atoms with E-state index in [1.807, 2.05) is 0 Å². The topological polar surface area (TPSA) is 24.1 Å². The van der Waals surface area contributed by atoms with Crippen molar-refractivity contribution in [2.45, 2.75) is 64.7 Å². The minimum Gasteiger partial charge on any atom is -0.304 e. The van der Waals surface area contributed by atoms with E-state index < -0.39 is 0 Å². The quantitative estimate of drug-likeness (QED) is 0.785. The molecular weight excluding hydrogens is 292 g/mol. The van der Waals surface area contributed by atoms with Gasteiger partial charge in [0.15, 0.2) is 0 Å². The molecule has 0 fully saturated rings. The van der Waals surface area contributed by atoms with Crippen LogP contribution in [0.25, 0.3) is 0 Å². The fraction of sp³-hybridized carbons (Fsp3) is 0.455. The summed E-state index contributed by atoms with van der Waals surface area (Å²) in [6.45, 7) is 13.3. The Morgan fingerprint density at radius 2 is 0.833 bits per heavy atom. The van der Waals surface area contributed by atoms with Crippen molar-refractivity contribution < 1.29 is 0 Å². The van der Waals surface area contributed by atoms with Crippen LogP contribution in [0.4, 0.5) is 0 Å². The summed E-state index contributed by atoms with van der Waals surface area (Å²) < 4.78 is 0. The van der Waals surface area contributed by atoms with Crippen LogP contribution in [0, 0.1) is 0 Å². The fourth-order valence-corrected chi connectivity index (χ4v) is 2.97. The van der Waals surface area contributed by atoms with Gasteiger partial charge in [-0.1, -0.05) is 60.7 Å². The third-order valence-corrected chi connectivity index (χ3v) is 3.83. The smallest absolute Gasteiger partial charge is 0.0522 e. The molecule has 0 aliphatic rings. The Labute approximate surface area is 147 Å². The van der Waals surface area contributed by atoms with Gasteiger partial charge in [-0.2, -0.15) is 0 Å². The molecule has 2 unspecified atom stereocenters. The lowest BCUT2D eigenvalue weighted by molar-refractivity contribution is 0.259. The highest BCUT2D eigenvalue weighted by Crippen LogP contribution is 2.32. The second kappa shape index (κ2) is 7.50. The third-order valence-electron chi connectivity index (χ3n) is 3.83. The molecule has 2 N–H and O–H groups in total. The molecule has 2 rings (SSSR count). The van der Waals surface area contributed by atoms with Crippen LogP contribution in [-0.2, 0) is 0 Å². The predicted molar refractivity (Wildman–Crippen MR) is 104 cm³/mol. The predicted octanol–water partition coefficient (Wildman–Crippen LogP) is 5.25. The Kier molecular flexibility index (Phi) is 5.84. The maximum Gasteiger partial charge on any atom is 0.0522 e. The van der Waals surface area contributed by atoms with Crippen molar-refractivity contribution in [2.24, 2.45) is 0 Å². The number of hydrogen-bond donors (Lipinski definition) is 2. The Morgan fingerprint density at radius 3 is 1.08 bits per heavy atom. The fourth-order valence-electron chi connectivity index (χ4n) is 2.97. The zero-order chi connectivity index (χ0) is 17.8. The molecule has 2 atom stereocenters. The first-order valence-electron chi connectivity index (χ1n) is 8.81. The van der Waals surface area contributed by atoms with Gasteiger partial charge >= 0.3 is 0 Å². The van der Waals surface area contributed by atoms with Crippen molar-refractivity contribution in [1.82, 2.24) is 10.6 Å². The van der Waals surface area contributed by atoms with Gasteiger partial charge in [0.05, 0.1) is 12.1 Å². The van der Waals surface area contributed by atoms with E-state index in [0.29, 0.717) is 0 Å². The molecule has 0 amide bonds. The van der Waals surface area contributed by atoms with E-state index in [1.54, 1.807) is 0 Å². The Balaban J connectivity index is 2.47. The highest BCUT2D eigenvalue weighted by Gasteiger charge is 2.30. The number of hydrogen-bond acceptors (Lipinski definition) is 2. The van der Waals surface area contributed by atoms with Crippen molar-refractivity contribution in [1.29, 1.82) is 0 Å². The zero-order valence-electron chi connectivity index (χ0n) is 15.9. The van der Waals surface area contributed by atoms with Crippen molar-refractivity contribution >= 4 is 0 Å². The molecule has 0 radical (unpaired) electrons. The van der Waals surface area contributed by atoms with E-state index in [9.17, 15) is 0 Å². The average molecular weight is 325 g/mol. The van der Waals surface area contributed by atoms with Gasteiger partial charge in [0.25, 0.3) is 0 Å². The van der Waals surface area contributed by atoms with Crippen molar-refractivity contribution in [2.75, 3.05) is 0 Å². The van der Waals surface area contributed by atoms with Crippen molar-refractivity contribution in [3.05, 3.63) is 71.8 Å². The summed E-state index contributed by atoms with van der Waals surface area (Å²) in [6.07, 6.45) is 0. The summed E-state index contributed by atoms with van der Waals surface area (Å²) >= 11 is 0. The standard InChI is InChI=1S/C22H32N2/c1-21(2,3)23-19(17-13-9-7-10-14-17)20(24-22(4,5)6)18-15-11-8-12-16-18/h7-16,19-20,23-24H,1-6H3. The molecule has 2 aromatic rings.